The van der Waals surface area contributed by atoms with Crippen molar-refractivity contribution in [1.82, 2.24) is 5.32 Å². The Bertz CT molecular complexity index is 718. The van der Waals surface area contributed by atoms with Crippen molar-refractivity contribution < 1.29 is 9.90 Å². The van der Waals surface area contributed by atoms with Crippen molar-refractivity contribution in [3.05, 3.63) is 63.7 Å². The molecule has 4 heteroatoms. The summed E-state index contributed by atoms with van der Waals surface area (Å²) in [6, 6.07) is 10.4. The fourth-order valence-corrected chi connectivity index (χ4v) is 2.47. The molecule has 0 fully saturated rings. The van der Waals surface area contributed by atoms with E-state index in [4.69, 9.17) is 11.6 Å². The Morgan fingerprint density at radius 1 is 1.08 bits per heavy atom. The average molecular weight is 348 g/mol. The predicted octanol–water partition coefficient (Wildman–Crippen LogP) is 4.72. The molecule has 0 aliphatic rings. The summed E-state index contributed by atoms with van der Waals surface area (Å²) in [5.74, 6) is 0.163. The van der Waals surface area contributed by atoms with E-state index in [0.29, 0.717) is 21.7 Å². The lowest BCUT2D eigenvalue weighted by atomic mass is 9.83. The Morgan fingerprint density at radius 3 is 2.17 bits per heavy atom. The molecule has 0 aliphatic carbocycles. The Kier molecular flexibility index (Phi) is 7.00. The molecule has 0 amide bonds. The maximum absolute atomic E-state index is 12.6. The zero-order valence-electron chi connectivity index (χ0n) is 15.2. The van der Waals surface area contributed by atoms with Crippen LogP contribution in [0, 0.1) is 6.92 Å². The van der Waals surface area contributed by atoms with Gasteiger partial charge in [0, 0.05) is 21.7 Å². The Labute approximate surface area is 149 Å². The Hall–Kier alpha value is -1.84. The third kappa shape index (κ3) is 5.08. The van der Waals surface area contributed by atoms with Crippen LogP contribution in [-0.2, 0) is 5.41 Å². The number of phenolic OH excluding ortho intramolecular Hbond substituents is 1. The molecule has 0 unspecified atom stereocenters. The van der Waals surface area contributed by atoms with E-state index in [-0.39, 0.29) is 16.9 Å². The fourth-order valence-electron chi connectivity index (χ4n) is 2.28. The van der Waals surface area contributed by atoms with E-state index in [9.17, 15) is 9.90 Å². The van der Waals surface area contributed by atoms with Crippen LogP contribution in [0.4, 0.5) is 0 Å². The third-order valence-electron chi connectivity index (χ3n) is 3.46. The van der Waals surface area contributed by atoms with Gasteiger partial charge in [-0.2, -0.15) is 0 Å². The SMILES string of the molecule is CNC.Cc1cc(C(=O)c2cccc(Cl)c2)cc(C(C)(C)C)c1O. The zero-order chi connectivity index (χ0) is 18.5. The van der Waals surface area contributed by atoms with Gasteiger partial charge in [0.15, 0.2) is 5.78 Å². The molecule has 2 rings (SSSR count). The van der Waals surface area contributed by atoms with Gasteiger partial charge in [0.1, 0.15) is 5.75 Å². The quantitative estimate of drug-likeness (QED) is 0.773. The van der Waals surface area contributed by atoms with E-state index in [1.807, 2.05) is 34.9 Å². The molecule has 3 nitrogen and oxygen atoms in total. The molecular weight excluding hydrogens is 322 g/mol. The normalized spacial score (nSPS) is 10.8. The molecule has 0 saturated carbocycles. The summed E-state index contributed by atoms with van der Waals surface area (Å²) in [6.45, 7) is 7.83. The number of benzene rings is 2. The molecule has 24 heavy (non-hydrogen) atoms. The molecule has 0 aliphatic heterocycles. The van der Waals surface area contributed by atoms with Gasteiger partial charge in [0.25, 0.3) is 0 Å². The van der Waals surface area contributed by atoms with Crippen LogP contribution in [0.3, 0.4) is 0 Å². The number of rotatable bonds is 2. The van der Waals surface area contributed by atoms with Crippen molar-refractivity contribution in [3.8, 4) is 5.75 Å². The topological polar surface area (TPSA) is 49.3 Å². The largest absolute Gasteiger partial charge is 0.507 e. The van der Waals surface area contributed by atoms with E-state index >= 15 is 0 Å². The lowest BCUT2D eigenvalue weighted by molar-refractivity contribution is 0.103. The number of hydrogen-bond donors (Lipinski definition) is 2. The maximum Gasteiger partial charge on any atom is 0.193 e. The van der Waals surface area contributed by atoms with Crippen LogP contribution in [0.15, 0.2) is 36.4 Å². The predicted molar refractivity (Wildman–Crippen MR) is 101 cm³/mol. The third-order valence-corrected chi connectivity index (χ3v) is 3.69. The van der Waals surface area contributed by atoms with Gasteiger partial charge in [0.2, 0.25) is 0 Å². The second-order valence-electron chi connectivity index (χ2n) is 6.78. The summed E-state index contributed by atoms with van der Waals surface area (Å²) < 4.78 is 0. The van der Waals surface area contributed by atoms with Crippen molar-refractivity contribution >= 4 is 17.4 Å². The highest BCUT2D eigenvalue weighted by Crippen LogP contribution is 2.34. The molecule has 0 saturated heterocycles. The second kappa shape index (κ2) is 8.32. The molecule has 0 spiro atoms. The summed E-state index contributed by atoms with van der Waals surface area (Å²) in [5.41, 5.74) is 2.35. The van der Waals surface area contributed by atoms with Gasteiger partial charge in [-0.1, -0.05) is 44.5 Å². The molecule has 2 aromatic carbocycles. The van der Waals surface area contributed by atoms with Crippen LogP contribution < -0.4 is 5.32 Å². The highest BCUT2D eigenvalue weighted by atomic mass is 35.5. The molecule has 0 aromatic heterocycles. The first-order chi connectivity index (χ1) is 11.1. The number of halogens is 1. The molecule has 130 valence electrons. The van der Waals surface area contributed by atoms with Gasteiger partial charge in [-0.05, 0) is 56.3 Å². The first-order valence-corrected chi connectivity index (χ1v) is 8.22. The summed E-state index contributed by atoms with van der Waals surface area (Å²) in [5, 5.41) is 13.5. The van der Waals surface area contributed by atoms with E-state index < -0.39 is 0 Å². The minimum atomic E-state index is -0.237. The van der Waals surface area contributed by atoms with E-state index in [1.54, 1.807) is 43.3 Å². The van der Waals surface area contributed by atoms with E-state index in [0.717, 1.165) is 5.56 Å². The van der Waals surface area contributed by atoms with Crippen LogP contribution in [0.5, 0.6) is 5.75 Å². The van der Waals surface area contributed by atoms with E-state index in [2.05, 4.69) is 5.32 Å². The summed E-state index contributed by atoms with van der Waals surface area (Å²) >= 11 is 5.94. The standard InChI is InChI=1S/C18H19ClO2.C2H7N/c1-11-8-13(10-15(16(11)20)18(2,3)4)17(21)12-6-5-7-14(19)9-12;1-3-2/h5-10,20H,1-4H3;3H,1-2H3. The second-order valence-corrected chi connectivity index (χ2v) is 7.22. The number of hydrogen-bond acceptors (Lipinski definition) is 3. The molecule has 0 bridgehead atoms. The smallest absolute Gasteiger partial charge is 0.193 e. The number of aromatic hydroxyl groups is 1. The van der Waals surface area contributed by atoms with Crippen LogP contribution in [0.1, 0.15) is 47.8 Å². The molecular formula is C20H26ClNO2. The first kappa shape index (κ1) is 20.2. The zero-order valence-corrected chi connectivity index (χ0v) is 16.0. The minimum Gasteiger partial charge on any atom is -0.507 e. The molecule has 0 radical (unpaired) electrons. The summed E-state index contributed by atoms with van der Waals surface area (Å²) in [6.07, 6.45) is 0. The summed E-state index contributed by atoms with van der Waals surface area (Å²) in [4.78, 5) is 12.6. The number of carbonyl (C=O) groups is 1. The van der Waals surface area contributed by atoms with Crippen LogP contribution >= 0.6 is 11.6 Å². The van der Waals surface area contributed by atoms with Gasteiger partial charge >= 0.3 is 0 Å². The number of nitrogens with one attached hydrogen (secondary N) is 1. The highest BCUT2D eigenvalue weighted by Gasteiger charge is 2.22. The first-order valence-electron chi connectivity index (χ1n) is 7.84. The molecule has 0 atom stereocenters. The van der Waals surface area contributed by atoms with Gasteiger partial charge in [-0.25, -0.2) is 0 Å². The number of aryl methyl sites for hydroxylation is 1. The lowest BCUT2D eigenvalue weighted by Gasteiger charge is -2.22. The van der Waals surface area contributed by atoms with Crippen molar-refractivity contribution in [3.63, 3.8) is 0 Å². The van der Waals surface area contributed by atoms with Crippen molar-refractivity contribution in [2.45, 2.75) is 33.1 Å². The highest BCUT2D eigenvalue weighted by molar-refractivity contribution is 6.31. The van der Waals surface area contributed by atoms with Gasteiger partial charge in [-0.3, -0.25) is 4.79 Å². The molecule has 2 N–H and O–H groups in total. The lowest BCUT2D eigenvalue weighted by Crippen LogP contribution is -2.14. The molecule has 0 heterocycles. The van der Waals surface area contributed by atoms with Gasteiger partial charge in [0.05, 0.1) is 0 Å². The number of ketones is 1. The molecule has 2 aromatic rings. The van der Waals surface area contributed by atoms with Crippen LogP contribution in [0.2, 0.25) is 5.02 Å². The van der Waals surface area contributed by atoms with E-state index in [1.165, 1.54) is 0 Å². The van der Waals surface area contributed by atoms with Crippen molar-refractivity contribution in [2.75, 3.05) is 14.1 Å². The van der Waals surface area contributed by atoms with Crippen LogP contribution in [0.25, 0.3) is 0 Å². The minimum absolute atomic E-state index is 0.0916. The van der Waals surface area contributed by atoms with Crippen molar-refractivity contribution in [1.29, 1.82) is 0 Å². The fraction of sp³-hybridized carbons (Fsp3) is 0.350. The Morgan fingerprint density at radius 2 is 1.67 bits per heavy atom. The van der Waals surface area contributed by atoms with Gasteiger partial charge < -0.3 is 10.4 Å². The average Bonchev–Trinajstić information content (AvgIpc) is 2.48. The Balaban J connectivity index is 0.000000891. The monoisotopic (exact) mass is 347 g/mol. The summed E-state index contributed by atoms with van der Waals surface area (Å²) in [7, 11) is 3.75. The van der Waals surface area contributed by atoms with Crippen molar-refractivity contribution in [2.24, 2.45) is 0 Å². The van der Waals surface area contributed by atoms with Crippen LogP contribution in [-0.4, -0.2) is 25.0 Å². The number of carbonyl (C=O) groups excluding carboxylic acids is 1. The van der Waals surface area contributed by atoms with Gasteiger partial charge in [-0.15, -0.1) is 0 Å². The maximum atomic E-state index is 12.6. The number of phenols is 1.